The predicted octanol–water partition coefficient (Wildman–Crippen LogP) is 2.98. The number of halogens is 2. The van der Waals surface area contributed by atoms with Crippen LogP contribution >= 0.6 is 11.6 Å². The highest BCUT2D eigenvalue weighted by molar-refractivity contribution is 6.36. The Balaban J connectivity index is 1.98. The Kier molecular flexibility index (Phi) is 3.22. The van der Waals surface area contributed by atoms with E-state index in [1.165, 1.54) is 24.3 Å². The van der Waals surface area contributed by atoms with Gasteiger partial charge in [0.05, 0.1) is 17.7 Å². The molecule has 0 unspecified atom stereocenters. The van der Waals surface area contributed by atoms with Crippen LogP contribution in [-0.4, -0.2) is 21.7 Å². The van der Waals surface area contributed by atoms with Crippen LogP contribution in [0.5, 0.6) is 0 Å². The SMILES string of the molecule is Cc1cc2c(c(Cl)n1)C(=O)N(Cc1cccc(F)c1)C2=O. The average Bonchev–Trinajstić information content (AvgIpc) is 2.64. The molecule has 1 aliphatic rings. The van der Waals surface area contributed by atoms with Crippen molar-refractivity contribution in [2.45, 2.75) is 13.5 Å². The number of hydrogen-bond acceptors (Lipinski definition) is 3. The normalized spacial score (nSPS) is 13.8. The summed E-state index contributed by atoms with van der Waals surface area (Å²) >= 11 is 5.96. The Morgan fingerprint density at radius 2 is 2.00 bits per heavy atom. The van der Waals surface area contributed by atoms with Gasteiger partial charge in [-0.25, -0.2) is 9.37 Å². The molecule has 0 radical (unpaired) electrons. The van der Waals surface area contributed by atoms with E-state index in [4.69, 9.17) is 11.6 Å². The molecule has 0 aliphatic carbocycles. The summed E-state index contributed by atoms with van der Waals surface area (Å²) in [6.45, 7) is 1.69. The molecule has 0 bridgehead atoms. The molecule has 2 amide bonds. The van der Waals surface area contributed by atoms with E-state index in [1.54, 1.807) is 13.0 Å². The third-order valence-electron chi connectivity index (χ3n) is 3.27. The van der Waals surface area contributed by atoms with E-state index in [1.807, 2.05) is 0 Å². The van der Waals surface area contributed by atoms with Crippen molar-refractivity contribution >= 4 is 23.4 Å². The molecule has 0 saturated heterocycles. The van der Waals surface area contributed by atoms with Gasteiger partial charge in [-0.3, -0.25) is 14.5 Å². The standard InChI is InChI=1S/C15H10ClFN2O2/c1-8-5-11-12(13(16)18-8)15(21)19(14(11)20)7-9-3-2-4-10(17)6-9/h2-6H,7H2,1H3. The van der Waals surface area contributed by atoms with Crippen molar-refractivity contribution in [2.75, 3.05) is 0 Å². The van der Waals surface area contributed by atoms with Crippen LogP contribution in [-0.2, 0) is 6.54 Å². The Hall–Kier alpha value is -2.27. The number of amides is 2. The number of carbonyl (C=O) groups is 2. The summed E-state index contributed by atoms with van der Waals surface area (Å²) in [5.41, 5.74) is 1.45. The minimum Gasteiger partial charge on any atom is -0.270 e. The van der Waals surface area contributed by atoms with Crippen molar-refractivity contribution in [1.82, 2.24) is 9.88 Å². The minimum absolute atomic E-state index is 0.000513. The molecule has 0 spiro atoms. The largest absolute Gasteiger partial charge is 0.270 e. The van der Waals surface area contributed by atoms with Crippen LogP contribution in [0.1, 0.15) is 32.0 Å². The van der Waals surface area contributed by atoms with Crippen molar-refractivity contribution in [3.63, 3.8) is 0 Å². The second-order valence-electron chi connectivity index (χ2n) is 4.80. The van der Waals surface area contributed by atoms with Gasteiger partial charge in [0.15, 0.2) is 0 Å². The number of benzene rings is 1. The van der Waals surface area contributed by atoms with Crippen LogP contribution in [0.2, 0.25) is 5.15 Å². The van der Waals surface area contributed by atoms with E-state index < -0.39 is 17.6 Å². The maximum Gasteiger partial charge on any atom is 0.265 e. The zero-order valence-electron chi connectivity index (χ0n) is 11.1. The average molecular weight is 305 g/mol. The highest BCUT2D eigenvalue weighted by Gasteiger charge is 2.38. The van der Waals surface area contributed by atoms with Gasteiger partial charge in [-0.1, -0.05) is 23.7 Å². The third kappa shape index (κ3) is 2.29. The molecule has 1 aromatic carbocycles. The Morgan fingerprint density at radius 1 is 1.24 bits per heavy atom. The van der Waals surface area contributed by atoms with Gasteiger partial charge in [0, 0.05) is 5.69 Å². The number of hydrogen-bond donors (Lipinski definition) is 0. The maximum atomic E-state index is 13.2. The van der Waals surface area contributed by atoms with Gasteiger partial charge in [-0.2, -0.15) is 0 Å². The van der Waals surface area contributed by atoms with E-state index in [2.05, 4.69) is 4.98 Å². The topological polar surface area (TPSA) is 50.3 Å². The highest BCUT2D eigenvalue weighted by atomic mass is 35.5. The van der Waals surface area contributed by atoms with Gasteiger partial charge < -0.3 is 0 Å². The summed E-state index contributed by atoms with van der Waals surface area (Å²) in [5, 5.41) is 0.0186. The number of rotatable bonds is 2. The fraction of sp³-hybridized carbons (Fsp3) is 0.133. The lowest BCUT2D eigenvalue weighted by Gasteiger charge is -2.13. The molecule has 0 saturated carbocycles. The zero-order valence-corrected chi connectivity index (χ0v) is 11.8. The number of fused-ring (bicyclic) bond motifs is 1. The lowest BCUT2D eigenvalue weighted by Crippen LogP contribution is -2.29. The number of carbonyl (C=O) groups excluding carboxylic acids is 2. The molecule has 0 atom stereocenters. The summed E-state index contributed by atoms with van der Waals surface area (Å²) in [5.74, 6) is -1.36. The molecule has 0 N–H and O–H groups in total. The van der Waals surface area contributed by atoms with E-state index >= 15 is 0 Å². The molecule has 2 heterocycles. The highest BCUT2D eigenvalue weighted by Crippen LogP contribution is 2.29. The number of imide groups is 1. The minimum atomic E-state index is -0.503. The van der Waals surface area contributed by atoms with Crippen molar-refractivity contribution < 1.29 is 14.0 Å². The van der Waals surface area contributed by atoms with Crippen LogP contribution < -0.4 is 0 Å². The van der Waals surface area contributed by atoms with Gasteiger partial charge in [-0.05, 0) is 30.7 Å². The van der Waals surface area contributed by atoms with E-state index in [-0.39, 0.29) is 22.8 Å². The second-order valence-corrected chi connectivity index (χ2v) is 5.16. The number of aryl methyl sites for hydroxylation is 1. The van der Waals surface area contributed by atoms with Gasteiger partial charge in [0.1, 0.15) is 11.0 Å². The summed E-state index contributed by atoms with van der Waals surface area (Å²) in [4.78, 5) is 29.7. The molecule has 4 nitrogen and oxygen atoms in total. The van der Waals surface area contributed by atoms with Crippen LogP contribution in [0.15, 0.2) is 30.3 Å². The summed E-state index contributed by atoms with van der Waals surface area (Å²) in [6, 6.07) is 7.30. The lowest BCUT2D eigenvalue weighted by atomic mass is 10.1. The van der Waals surface area contributed by atoms with Crippen molar-refractivity contribution in [3.05, 3.63) is 63.7 Å². The van der Waals surface area contributed by atoms with Gasteiger partial charge in [0.2, 0.25) is 0 Å². The number of nitrogens with zero attached hydrogens (tertiary/aromatic N) is 2. The molecular weight excluding hydrogens is 295 g/mol. The molecule has 0 fully saturated rings. The lowest BCUT2D eigenvalue weighted by molar-refractivity contribution is 0.0642. The van der Waals surface area contributed by atoms with Crippen LogP contribution in [0.4, 0.5) is 4.39 Å². The first-order valence-electron chi connectivity index (χ1n) is 6.25. The van der Waals surface area contributed by atoms with E-state index in [9.17, 15) is 14.0 Å². The molecule has 2 aromatic rings. The fourth-order valence-electron chi connectivity index (χ4n) is 2.34. The van der Waals surface area contributed by atoms with Gasteiger partial charge in [0.25, 0.3) is 11.8 Å². The first kappa shape index (κ1) is 13.7. The molecule has 106 valence electrons. The quantitative estimate of drug-likeness (QED) is 0.633. The molecular formula is C15H10ClFN2O2. The van der Waals surface area contributed by atoms with Crippen LogP contribution in [0.25, 0.3) is 0 Å². The molecule has 1 aliphatic heterocycles. The number of aromatic nitrogens is 1. The molecule has 1 aromatic heterocycles. The van der Waals surface area contributed by atoms with E-state index in [0.717, 1.165) is 4.90 Å². The van der Waals surface area contributed by atoms with Crippen LogP contribution in [0, 0.1) is 12.7 Å². The Morgan fingerprint density at radius 3 is 2.71 bits per heavy atom. The monoisotopic (exact) mass is 304 g/mol. The molecule has 3 rings (SSSR count). The van der Waals surface area contributed by atoms with Gasteiger partial charge >= 0.3 is 0 Å². The first-order valence-corrected chi connectivity index (χ1v) is 6.63. The summed E-state index contributed by atoms with van der Waals surface area (Å²) < 4.78 is 13.2. The van der Waals surface area contributed by atoms with Crippen molar-refractivity contribution in [1.29, 1.82) is 0 Å². The third-order valence-corrected chi connectivity index (χ3v) is 3.54. The second kappa shape index (κ2) is 4.93. The first-order chi connectivity index (χ1) is 9.97. The predicted molar refractivity (Wildman–Crippen MR) is 74.6 cm³/mol. The molecule has 21 heavy (non-hydrogen) atoms. The Bertz CT molecular complexity index is 776. The van der Waals surface area contributed by atoms with Crippen molar-refractivity contribution in [3.8, 4) is 0 Å². The van der Waals surface area contributed by atoms with Gasteiger partial charge in [-0.15, -0.1) is 0 Å². The number of pyridine rings is 1. The zero-order chi connectivity index (χ0) is 15.1. The summed E-state index contributed by atoms with van der Waals surface area (Å²) in [7, 11) is 0. The summed E-state index contributed by atoms with van der Waals surface area (Å²) in [6.07, 6.45) is 0. The fourth-order valence-corrected chi connectivity index (χ4v) is 2.66. The van der Waals surface area contributed by atoms with Crippen molar-refractivity contribution in [2.24, 2.45) is 0 Å². The van der Waals surface area contributed by atoms with E-state index in [0.29, 0.717) is 11.3 Å². The Labute approximate surface area is 125 Å². The molecule has 6 heteroatoms. The maximum absolute atomic E-state index is 13.2. The van der Waals surface area contributed by atoms with Crippen LogP contribution in [0.3, 0.4) is 0 Å². The smallest absolute Gasteiger partial charge is 0.265 e.